The van der Waals surface area contributed by atoms with Crippen LogP contribution >= 0.6 is 0 Å². The third-order valence-electron chi connectivity index (χ3n) is 4.80. The van der Waals surface area contributed by atoms with E-state index in [2.05, 4.69) is 23.7 Å². The molecule has 29 heavy (non-hydrogen) atoms. The summed E-state index contributed by atoms with van der Waals surface area (Å²) in [7, 11) is 2.02. The summed E-state index contributed by atoms with van der Waals surface area (Å²) < 4.78 is 0. The number of nitrogens with zero attached hydrogens (tertiary/aromatic N) is 1. The minimum atomic E-state index is -0.181. The zero-order valence-corrected chi connectivity index (χ0v) is 17.6. The normalized spacial score (nSPS) is 12.6. The van der Waals surface area contributed by atoms with E-state index in [4.69, 9.17) is 5.73 Å². The van der Waals surface area contributed by atoms with Crippen LogP contribution in [0.25, 0.3) is 11.1 Å². The van der Waals surface area contributed by atoms with Crippen molar-refractivity contribution in [2.24, 2.45) is 5.73 Å². The van der Waals surface area contributed by atoms with Gasteiger partial charge in [-0.3, -0.25) is 4.79 Å². The summed E-state index contributed by atoms with van der Waals surface area (Å²) in [6.45, 7) is 8.92. The fourth-order valence-corrected chi connectivity index (χ4v) is 3.03. The zero-order chi connectivity index (χ0) is 21.2. The summed E-state index contributed by atoms with van der Waals surface area (Å²) in [5.41, 5.74) is 10.7. The Labute approximate surface area is 174 Å². The average molecular weight is 390 g/mol. The summed E-state index contributed by atoms with van der Waals surface area (Å²) in [6, 6.07) is 17.5. The highest BCUT2D eigenvalue weighted by Gasteiger charge is 2.09. The highest BCUT2D eigenvalue weighted by Crippen LogP contribution is 2.19. The Balaban J connectivity index is 1.89. The van der Waals surface area contributed by atoms with Crippen LogP contribution in [0.3, 0.4) is 0 Å². The number of likely N-dealkylation sites (N-methyl/N-ethyl adjacent to an activating group) is 1. The van der Waals surface area contributed by atoms with Gasteiger partial charge in [0.2, 0.25) is 0 Å². The van der Waals surface area contributed by atoms with Crippen molar-refractivity contribution in [3.8, 4) is 11.1 Å². The van der Waals surface area contributed by atoms with Crippen LogP contribution < -0.4 is 11.1 Å². The van der Waals surface area contributed by atoms with Crippen molar-refractivity contribution in [2.45, 2.75) is 26.3 Å². The van der Waals surface area contributed by atoms with Crippen LogP contribution in [-0.2, 0) is 0 Å². The molecule has 152 valence electrons. The minimum absolute atomic E-state index is 0.160. The molecule has 1 atom stereocenters. The topological polar surface area (TPSA) is 58.4 Å². The van der Waals surface area contributed by atoms with Gasteiger partial charge in [-0.05, 0) is 37.1 Å². The van der Waals surface area contributed by atoms with Crippen LogP contribution in [0, 0.1) is 0 Å². The van der Waals surface area contributed by atoms with Gasteiger partial charge in [0, 0.05) is 37.0 Å². The molecule has 4 nitrogen and oxygen atoms in total. The molecule has 0 aliphatic carbocycles. The highest BCUT2D eigenvalue weighted by molar-refractivity contribution is 5.95. The second-order valence-corrected chi connectivity index (χ2v) is 6.89. The van der Waals surface area contributed by atoms with Gasteiger partial charge in [0.1, 0.15) is 0 Å². The molecule has 0 bridgehead atoms. The molecule has 2 rings (SSSR count). The van der Waals surface area contributed by atoms with Crippen molar-refractivity contribution < 1.29 is 4.79 Å². The maximum absolute atomic E-state index is 12.4. The number of amides is 1. The molecule has 2 aromatic carbocycles. The summed E-state index contributed by atoms with van der Waals surface area (Å²) >= 11 is 0. The van der Waals surface area contributed by atoms with Gasteiger partial charge < -0.3 is 16.0 Å². The van der Waals surface area contributed by atoms with E-state index < -0.39 is 0 Å². The highest BCUT2D eigenvalue weighted by atomic mass is 16.1. The van der Waals surface area contributed by atoms with Gasteiger partial charge >= 0.3 is 0 Å². The second kappa shape index (κ2) is 11.0. The van der Waals surface area contributed by atoms with Crippen LogP contribution in [0.15, 0.2) is 90.8 Å². The summed E-state index contributed by atoms with van der Waals surface area (Å²) in [5.74, 6) is -0.160. The number of carbonyl (C=O) groups excluding carboxylic acids is 1. The predicted molar refractivity (Wildman–Crippen MR) is 122 cm³/mol. The van der Waals surface area contributed by atoms with E-state index in [1.807, 2.05) is 86.8 Å². The number of rotatable bonds is 9. The molecule has 2 aromatic rings. The van der Waals surface area contributed by atoms with Crippen molar-refractivity contribution in [1.82, 2.24) is 10.2 Å². The molecule has 0 saturated carbocycles. The number of nitrogens with two attached hydrogens (primary N) is 1. The molecule has 4 heteroatoms. The number of allylic oxidation sites excluding steroid dienone is 2. The Bertz CT molecular complexity index is 867. The van der Waals surface area contributed by atoms with E-state index in [0.29, 0.717) is 17.7 Å². The van der Waals surface area contributed by atoms with Gasteiger partial charge in [0.15, 0.2) is 0 Å². The Morgan fingerprint density at radius 1 is 1.14 bits per heavy atom. The molecular weight excluding hydrogens is 358 g/mol. The number of hydrogen-bond acceptors (Lipinski definition) is 3. The zero-order valence-electron chi connectivity index (χ0n) is 17.6. The summed E-state index contributed by atoms with van der Waals surface area (Å²) in [6.07, 6.45) is 6.44. The van der Waals surface area contributed by atoms with Gasteiger partial charge in [0.25, 0.3) is 5.91 Å². The minimum Gasteiger partial charge on any atom is -0.377 e. The fourth-order valence-electron chi connectivity index (χ4n) is 3.03. The Morgan fingerprint density at radius 3 is 2.34 bits per heavy atom. The van der Waals surface area contributed by atoms with Gasteiger partial charge in [-0.25, -0.2) is 0 Å². The van der Waals surface area contributed by atoms with Gasteiger partial charge in [0.05, 0.1) is 6.04 Å². The summed E-state index contributed by atoms with van der Waals surface area (Å²) in [5, 5.41) is 2.86. The van der Waals surface area contributed by atoms with E-state index in [-0.39, 0.29) is 11.9 Å². The maximum atomic E-state index is 12.4. The molecule has 0 radical (unpaired) electrons. The largest absolute Gasteiger partial charge is 0.377 e. The first-order valence-electron chi connectivity index (χ1n) is 9.90. The Kier molecular flexibility index (Phi) is 8.44. The fraction of sp³-hybridized carbons (Fsp3) is 0.240. The number of nitrogens with one attached hydrogen (secondary N) is 1. The molecule has 0 heterocycles. The first-order chi connectivity index (χ1) is 14.0. The molecule has 1 unspecified atom stereocenters. The van der Waals surface area contributed by atoms with Crippen molar-refractivity contribution in [2.75, 3.05) is 13.6 Å². The molecule has 0 aromatic heterocycles. The molecule has 0 aliphatic heterocycles. The third-order valence-corrected chi connectivity index (χ3v) is 4.80. The predicted octanol–water partition coefficient (Wildman–Crippen LogP) is 4.73. The molecule has 1 amide bonds. The molecule has 0 fully saturated rings. The Morgan fingerprint density at radius 2 is 1.76 bits per heavy atom. The molecule has 0 spiro atoms. The van der Waals surface area contributed by atoms with Gasteiger partial charge in [-0.1, -0.05) is 67.3 Å². The van der Waals surface area contributed by atoms with E-state index >= 15 is 0 Å². The van der Waals surface area contributed by atoms with Crippen molar-refractivity contribution >= 4 is 5.91 Å². The quantitative estimate of drug-likeness (QED) is 0.610. The lowest BCUT2D eigenvalue weighted by atomic mass is 10.0. The number of hydrogen-bond donors (Lipinski definition) is 2. The SMILES string of the molecule is C=C(CC=CC(N)/C(=C\C)N(C)CC)NC(=O)c1ccc(-c2ccccc2)cc1. The van der Waals surface area contributed by atoms with Gasteiger partial charge in [-0.2, -0.15) is 0 Å². The standard InChI is InChI=1S/C25H31N3O/c1-5-24(28(4)6-2)23(26)14-10-11-19(3)27-25(29)22-17-15-21(16-18-22)20-12-8-7-9-13-20/h5,7-10,12-18,23H,3,6,11,26H2,1-2,4H3,(H,27,29)/b14-10?,24-5+. The molecule has 3 N–H and O–H groups in total. The lowest BCUT2D eigenvalue weighted by Gasteiger charge is -2.24. The molecule has 0 saturated heterocycles. The summed E-state index contributed by atoms with van der Waals surface area (Å²) in [4.78, 5) is 14.6. The van der Waals surface area contributed by atoms with Gasteiger partial charge in [-0.15, -0.1) is 0 Å². The van der Waals surface area contributed by atoms with Crippen LogP contribution in [0.5, 0.6) is 0 Å². The van der Waals surface area contributed by atoms with Crippen molar-refractivity contribution in [1.29, 1.82) is 0 Å². The lowest BCUT2D eigenvalue weighted by molar-refractivity contribution is 0.0965. The van der Waals surface area contributed by atoms with Crippen molar-refractivity contribution in [3.63, 3.8) is 0 Å². The Hall–Kier alpha value is -3.11. The number of carbonyl (C=O) groups is 1. The lowest BCUT2D eigenvalue weighted by Crippen LogP contribution is -2.31. The van der Waals surface area contributed by atoms with Crippen LogP contribution in [0.2, 0.25) is 0 Å². The van der Waals surface area contributed by atoms with Crippen molar-refractivity contribution in [3.05, 3.63) is 96.4 Å². The van der Waals surface area contributed by atoms with Crippen LogP contribution in [0.4, 0.5) is 0 Å². The van der Waals surface area contributed by atoms with E-state index in [0.717, 1.165) is 23.4 Å². The van der Waals surface area contributed by atoms with E-state index in [1.165, 1.54) is 0 Å². The number of benzene rings is 2. The smallest absolute Gasteiger partial charge is 0.255 e. The third kappa shape index (κ3) is 6.47. The average Bonchev–Trinajstić information content (AvgIpc) is 2.74. The first-order valence-corrected chi connectivity index (χ1v) is 9.90. The monoisotopic (exact) mass is 389 g/mol. The maximum Gasteiger partial charge on any atom is 0.255 e. The van der Waals surface area contributed by atoms with Crippen LogP contribution in [0.1, 0.15) is 30.6 Å². The van der Waals surface area contributed by atoms with E-state index in [1.54, 1.807) is 0 Å². The molecule has 0 aliphatic rings. The first kappa shape index (κ1) is 22.2. The second-order valence-electron chi connectivity index (χ2n) is 6.89. The van der Waals surface area contributed by atoms with E-state index in [9.17, 15) is 4.79 Å². The molecular formula is C25H31N3O. The van der Waals surface area contributed by atoms with Crippen LogP contribution in [-0.4, -0.2) is 30.4 Å².